The number of rotatable bonds is 6. The van der Waals surface area contributed by atoms with Gasteiger partial charge in [0.1, 0.15) is 11.3 Å². The Morgan fingerprint density at radius 1 is 1.07 bits per heavy atom. The van der Waals surface area contributed by atoms with E-state index in [0.717, 1.165) is 49.2 Å². The van der Waals surface area contributed by atoms with E-state index in [1.807, 2.05) is 30.3 Å². The van der Waals surface area contributed by atoms with E-state index in [0.29, 0.717) is 23.7 Å². The number of benzene rings is 2. The van der Waals surface area contributed by atoms with Gasteiger partial charge in [0.15, 0.2) is 0 Å². The molecule has 1 aliphatic rings. The lowest BCUT2D eigenvalue weighted by Crippen LogP contribution is -2.35. The number of aliphatic hydroxyl groups is 1. The number of likely N-dealkylation sites (tertiary alicyclic amines) is 1. The highest BCUT2D eigenvalue weighted by Crippen LogP contribution is 2.24. The predicted molar refractivity (Wildman–Crippen MR) is 113 cm³/mol. The topological polar surface area (TPSA) is 62.9 Å². The van der Waals surface area contributed by atoms with Crippen molar-refractivity contribution in [1.82, 2.24) is 4.90 Å². The molecule has 4 rings (SSSR count). The van der Waals surface area contributed by atoms with Gasteiger partial charge in [-0.3, -0.25) is 4.90 Å². The van der Waals surface area contributed by atoms with Gasteiger partial charge in [0.05, 0.1) is 13.2 Å². The fraction of sp³-hybridized carbons (Fsp3) is 0.375. The van der Waals surface area contributed by atoms with Gasteiger partial charge in [-0.15, -0.1) is 0 Å². The van der Waals surface area contributed by atoms with Crippen LogP contribution >= 0.6 is 0 Å². The normalized spacial score (nSPS) is 15.7. The average Bonchev–Trinajstić information content (AvgIpc) is 2.75. The molecule has 0 saturated carbocycles. The summed E-state index contributed by atoms with van der Waals surface area (Å²) < 4.78 is 11.4. The summed E-state index contributed by atoms with van der Waals surface area (Å²) in [6.45, 7) is 5.59. The van der Waals surface area contributed by atoms with E-state index in [4.69, 9.17) is 14.3 Å². The number of fused-ring (bicyclic) bond motifs is 1. The van der Waals surface area contributed by atoms with Crippen LogP contribution in [-0.4, -0.2) is 29.7 Å². The second kappa shape index (κ2) is 8.80. The summed E-state index contributed by atoms with van der Waals surface area (Å²) in [6.07, 6.45) is 2.22. The molecule has 0 atom stereocenters. The van der Waals surface area contributed by atoms with Crippen LogP contribution in [0.15, 0.2) is 57.7 Å². The third-order valence-electron chi connectivity index (χ3n) is 5.69. The zero-order chi connectivity index (χ0) is 20.2. The van der Waals surface area contributed by atoms with E-state index in [2.05, 4.69) is 17.0 Å². The molecule has 2 heterocycles. The van der Waals surface area contributed by atoms with Crippen molar-refractivity contribution in [3.63, 3.8) is 0 Å². The molecule has 0 unspecified atom stereocenters. The van der Waals surface area contributed by atoms with E-state index in [1.165, 1.54) is 5.56 Å². The number of piperidine rings is 1. The lowest BCUT2D eigenvalue weighted by Gasteiger charge is -2.31. The predicted octanol–water partition coefficient (Wildman–Crippen LogP) is 3.88. The van der Waals surface area contributed by atoms with Crippen LogP contribution in [0.3, 0.4) is 0 Å². The van der Waals surface area contributed by atoms with Crippen molar-refractivity contribution in [2.24, 2.45) is 5.92 Å². The highest BCUT2D eigenvalue weighted by atomic mass is 16.5. The van der Waals surface area contributed by atoms with Gasteiger partial charge < -0.3 is 14.3 Å². The van der Waals surface area contributed by atoms with Crippen molar-refractivity contribution in [1.29, 1.82) is 0 Å². The first-order valence-corrected chi connectivity index (χ1v) is 10.2. The van der Waals surface area contributed by atoms with Crippen LogP contribution in [0, 0.1) is 12.8 Å². The zero-order valence-corrected chi connectivity index (χ0v) is 16.8. The Kier molecular flexibility index (Phi) is 5.97. The van der Waals surface area contributed by atoms with Crippen LogP contribution in [0.2, 0.25) is 0 Å². The first kappa shape index (κ1) is 19.7. The van der Waals surface area contributed by atoms with Gasteiger partial charge in [-0.25, -0.2) is 4.79 Å². The summed E-state index contributed by atoms with van der Waals surface area (Å²) in [6, 6.07) is 15.7. The second-order valence-corrected chi connectivity index (χ2v) is 7.92. The minimum atomic E-state index is -0.298. The molecular formula is C24H27NO4. The lowest BCUT2D eigenvalue weighted by atomic mass is 9.97. The van der Waals surface area contributed by atoms with Crippen molar-refractivity contribution < 1.29 is 14.3 Å². The second-order valence-electron chi connectivity index (χ2n) is 7.92. The van der Waals surface area contributed by atoms with Gasteiger partial charge in [-0.1, -0.05) is 24.3 Å². The summed E-state index contributed by atoms with van der Waals surface area (Å²) >= 11 is 0. The fourth-order valence-electron chi connectivity index (χ4n) is 3.82. The number of nitrogens with zero attached hydrogens (tertiary/aromatic N) is 1. The fourth-order valence-corrected chi connectivity index (χ4v) is 3.82. The standard InChI is InChI=1S/C24H27NO4/c1-17-12-21-6-7-22(13-23(21)29-24(17)27)28-16-20-8-10-25(11-9-20)14-18-2-4-19(15-26)5-3-18/h2-7,12-13,20,26H,8-11,14-16H2,1H3. The Morgan fingerprint density at radius 3 is 2.52 bits per heavy atom. The molecule has 0 aliphatic carbocycles. The third kappa shape index (κ3) is 4.86. The highest BCUT2D eigenvalue weighted by molar-refractivity contribution is 5.78. The Balaban J connectivity index is 1.28. The largest absolute Gasteiger partial charge is 0.493 e. The maximum absolute atomic E-state index is 11.7. The minimum absolute atomic E-state index is 0.0919. The smallest absolute Gasteiger partial charge is 0.339 e. The van der Waals surface area contributed by atoms with Crippen molar-refractivity contribution in [3.8, 4) is 5.75 Å². The molecule has 1 fully saturated rings. The number of ether oxygens (including phenoxy) is 1. The molecule has 5 nitrogen and oxygen atoms in total. The van der Waals surface area contributed by atoms with Crippen LogP contribution in [0.1, 0.15) is 29.5 Å². The molecule has 0 radical (unpaired) electrons. The molecule has 1 N–H and O–H groups in total. The first-order chi connectivity index (χ1) is 14.1. The molecule has 5 heteroatoms. The maximum Gasteiger partial charge on any atom is 0.339 e. The van der Waals surface area contributed by atoms with Crippen LogP contribution in [0.25, 0.3) is 11.0 Å². The van der Waals surface area contributed by atoms with E-state index in [1.54, 1.807) is 13.0 Å². The van der Waals surface area contributed by atoms with Gasteiger partial charge in [-0.2, -0.15) is 0 Å². The average molecular weight is 393 g/mol. The Bertz CT molecular complexity index is 1020. The van der Waals surface area contributed by atoms with Gasteiger partial charge in [0, 0.05) is 23.6 Å². The molecule has 152 valence electrons. The Hall–Kier alpha value is -2.63. The molecule has 3 aromatic rings. The van der Waals surface area contributed by atoms with Crippen LogP contribution in [-0.2, 0) is 13.2 Å². The molecule has 29 heavy (non-hydrogen) atoms. The molecule has 0 spiro atoms. The van der Waals surface area contributed by atoms with E-state index < -0.39 is 0 Å². The number of aryl methyl sites for hydroxylation is 1. The number of hydrogen-bond acceptors (Lipinski definition) is 5. The summed E-state index contributed by atoms with van der Waals surface area (Å²) in [4.78, 5) is 14.2. The molecule has 0 bridgehead atoms. The van der Waals surface area contributed by atoms with E-state index in [-0.39, 0.29) is 12.2 Å². The minimum Gasteiger partial charge on any atom is -0.493 e. The van der Waals surface area contributed by atoms with Gasteiger partial charge in [-0.05, 0) is 68.1 Å². The summed E-state index contributed by atoms with van der Waals surface area (Å²) in [5, 5.41) is 10.1. The first-order valence-electron chi connectivity index (χ1n) is 10.2. The van der Waals surface area contributed by atoms with Crippen molar-refractivity contribution >= 4 is 11.0 Å². The molecule has 1 aliphatic heterocycles. The summed E-state index contributed by atoms with van der Waals surface area (Å²) in [5.41, 5.74) is 3.12. The molecule has 1 aromatic heterocycles. The van der Waals surface area contributed by atoms with E-state index >= 15 is 0 Å². The van der Waals surface area contributed by atoms with E-state index in [9.17, 15) is 4.79 Å². The van der Waals surface area contributed by atoms with Crippen LogP contribution in [0.5, 0.6) is 5.75 Å². The number of hydrogen-bond donors (Lipinski definition) is 1. The monoisotopic (exact) mass is 393 g/mol. The summed E-state index contributed by atoms with van der Waals surface area (Å²) in [7, 11) is 0. The van der Waals surface area contributed by atoms with Gasteiger partial charge >= 0.3 is 5.63 Å². The molecular weight excluding hydrogens is 366 g/mol. The SMILES string of the molecule is Cc1cc2ccc(OCC3CCN(Cc4ccc(CO)cc4)CC3)cc2oc1=O. The quantitative estimate of drug-likeness (QED) is 0.644. The van der Waals surface area contributed by atoms with Crippen LogP contribution in [0.4, 0.5) is 0 Å². The zero-order valence-electron chi connectivity index (χ0n) is 16.8. The molecule has 1 saturated heterocycles. The lowest BCUT2D eigenvalue weighted by molar-refractivity contribution is 0.137. The maximum atomic E-state index is 11.7. The van der Waals surface area contributed by atoms with Crippen molar-refractivity contribution in [3.05, 3.63) is 75.6 Å². The van der Waals surface area contributed by atoms with Crippen LogP contribution < -0.4 is 10.4 Å². The van der Waals surface area contributed by atoms with Crippen molar-refractivity contribution in [2.75, 3.05) is 19.7 Å². The Morgan fingerprint density at radius 2 is 1.79 bits per heavy atom. The van der Waals surface area contributed by atoms with Gasteiger partial charge in [0.25, 0.3) is 0 Å². The van der Waals surface area contributed by atoms with Gasteiger partial charge in [0.2, 0.25) is 0 Å². The number of aliphatic hydroxyl groups excluding tert-OH is 1. The molecule has 0 amide bonds. The van der Waals surface area contributed by atoms with Crippen molar-refractivity contribution in [2.45, 2.75) is 32.9 Å². The molecule has 2 aromatic carbocycles. The Labute approximate surface area is 170 Å². The third-order valence-corrected chi connectivity index (χ3v) is 5.69. The highest BCUT2D eigenvalue weighted by Gasteiger charge is 2.20. The summed E-state index contributed by atoms with van der Waals surface area (Å²) in [5.74, 6) is 1.28.